The van der Waals surface area contributed by atoms with Crippen molar-refractivity contribution in [2.45, 2.75) is 30.0 Å². The number of benzene rings is 1. The Morgan fingerprint density at radius 3 is 2.67 bits per heavy atom. The van der Waals surface area contributed by atoms with Gasteiger partial charge in [-0.25, -0.2) is 4.79 Å². The van der Waals surface area contributed by atoms with Crippen LogP contribution in [0.4, 0.5) is 0 Å². The highest BCUT2D eigenvalue weighted by Gasteiger charge is 2.44. The zero-order valence-electron chi connectivity index (χ0n) is 13.3. The zero-order chi connectivity index (χ0) is 17.7. The fourth-order valence-corrected chi connectivity index (χ4v) is 3.85. The van der Waals surface area contributed by atoms with Gasteiger partial charge in [0.2, 0.25) is 5.91 Å². The maximum Gasteiger partial charge on any atom is 0.326 e. The van der Waals surface area contributed by atoms with E-state index in [1.807, 2.05) is 18.2 Å². The van der Waals surface area contributed by atoms with Gasteiger partial charge >= 0.3 is 11.9 Å². The van der Waals surface area contributed by atoms with Gasteiger partial charge in [0.15, 0.2) is 0 Å². The third-order valence-corrected chi connectivity index (χ3v) is 5.12. The fraction of sp³-hybridized carbons (Fsp3) is 0.353. The van der Waals surface area contributed by atoms with E-state index in [1.54, 1.807) is 12.1 Å². The van der Waals surface area contributed by atoms with Crippen LogP contribution in [-0.4, -0.2) is 45.9 Å². The van der Waals surface area contributed by atoms with E-state index in [9.17, 15) is 14.4 Å². The molecule has 1 aromatic carbocycles. The van der Waals surface area contributed by atoms with Crippen molar-refractivity contribution in [3.8, 4) is 0 Å². The molecule has 3 unspecified atom stereocenters. The highest BCUT2D eigenvalue weighted by atomic mass is 32.2. The van der Waals surface area contributed by atoms with Gasteiger partial charge in [-0.2, -0.15) is 0 Å². The maximum atomic E-state index is 12.4. The molecule has 6 nitrogen and oxygen atoms in total. The Morgan fingerprint density at radius 1 is 1.46 bits per heavy atom. The first-order chi connectivity index (χ1) is 11.5. The van der Waals surface area contributed by atoms with Crippen molar-refractivity contribution in [1.29, 1.82) is 0 Å². The molecule has 3 atom stereocenters. The Balaban J connectivity index is 2.16. The van der Waals surface area contributed by atoms with E-state index in [-0.39, 0.29) is 24.3 Å². The number of hydrogen-bond acceptors (Lipinski definition) is 5. The molecule has 1 heterocycles. The normalized spacial score (nSPS) is 19.1. The van der Waals surface area contributed by atoms with Gasteiger partial charge in [-0.15, -0.1) is 11.8 Å². The summed E-state index contributed by atoms with van der Waals surface area (Å²) in [6.45, 7) is 5.07. The van der Waals surface area contributed by atoms with Gasteiger partial charge in [-0.3, -0.25) is 9.59 Å². The molecule has 1 aliphatic heterocycles. The van der Waals surface area contributed by atoms with Crippen molar-refractivity contribution < 1.29 is 24.2 Å². The number of hydrogen-bond donors (Lipinski definition) is 1. The second kappa shape index (κ2) is 8.01. The average Bonchev–Trinajstić information content (AvgIpc) is 2.56. The maximum absolute atomic E-state index is 12.4. The minimum Gasteiger partial charge on any atom is -0.480 e. The summed E-state index contributed by atoms with van der Waals surface area (Å²) in [6.07, 6.45) is 1.69. The summed E-state index contributed by atoms with van der Waals surface area (Å²) in [5, 5.41) is 8.12. The number of amides is 1. The molecule has 128 valence electrons. The Hall–Kier alpha value is -2.28. The summed E-state index contributed by atoms with van der Waals surface area (Å²) in [7, 11) is 0. The molecule has 1 aromatic rings. The molecular weight excluding hydrogens is 330 g/mol. The van der Waals surface area contributed by atoms with Crippen molar-refractivity contribution in [3.05, 3.63) is 48.6 Å². The third-order valence-electron chi connectivity index (χ3n) is 3.68. The van der Waals surface area contributed by atoms with E-state index in [0.29, 0.717) is 0 Å². The molecule has 0 aliphatic carbocycles. The SMILES string of the molecule is C=CCOC(=O)C(SC1CC(=O)N1C(C)C(=O)O)c1ccccc1. The van der Waals surface area contributed by atoms with Crippen LogP contribution in [0.1, 0.15) is 24.2 Å². The lowest BCUT2D eigenvalue weighted by atomic mass is 10.1. The van der Waals surface area contributed by atoms with E-state index in [1.165, 1.54) is 29.7 Å². The lowest BCUT2D eigenvalue weighted by molar-refractivity contribution is -0.156. The molecule has 1 saturated heterocycles. The molecule has 1 aliphatic rings. The molecule has 7 heteroatoms. The molecule has 0 saturated carbocycles. The van der Waals surface area contributed by atoms with Crippen LogP contribution in [0.3, 0.4) is 0 Å². The standard InChI is InChI=1S/C17H19NO5S/c1-3-9-23-17(22)15(12-7-5-4-6-8-12)24-14-10-13(19)18(14)11(2)16(20)21/h3-8,11,14-15H,1,9-10H2,2H3,(H,20,21). The number of carboxylic acids is 1. The summed E-state index contributed by atoms with van der Waals surface area (Å²) in [4.78, 5) is 36.6. The van der Waals surface area contributed by atoms with Crippen LogP contribution in [0.5, 0.6) is 0 Å². The summed E-state index contributed by atoms with van der Waals surface area (Å²) in [5.74, 6) is -1.74. The minimum atomic E-state index is -1.07. The first-order valence-corrected chi connectivity index (χ1v) is 8.42. The fourth-order valence-electron chi connectivity index (χ4n) is 2.37. The Morgan fingerprint density at radius 2 is 2.12 bits per heavy atom. The molecule has 2 rings (SSSR count). The van der Waals surface area contributed by atoms with Crippen LogP contribution in [0.25, 0.3) is 0 Å². The van der Waals surface area contributed by atoms with Crippen molar-refractivity contribution >= 4 is 29.6 Å². The molecule has 0 aromatic heterocycles. The highest BCUT2D eigenvalue weighted by molar-refractivity contribution is 8.00. The van der Waals surface area contributed by atoms with Crippen LogP contribution in [0.15, 0.2) is 43.0 Å². The summed E-state index contributed by atoms with van der Waals surface area (Å²) < 4.78 is 5.15. The largest absolute Gasteiger partial charge is 0.480 e. The topological polar surface area (TPSA) is 83.9 Å². The summed E-state index contributed by atoms with van der Waals surface area (Å²) in [5.41, 5.74) is 0.749. The lowest BCUT2D eigenvalue weighted by Gasteiger charge is -2.43. The van der Waals surface area contributed by atoms with Gasteiger partial charge in [0.25, 0.3) is 0 Å². The predicted octanol–water partition coefficient (Wildman–Crippen LogP) is 2.22. The lowest BCUT2D eigenvalue weighted by Crippen LogP contribution is -2.57. The van der Waals surface area contributed by atoms with Crippen LogP contribution in [0, 0.1) is 0 Å². The number of ether oxygens (including phenoxy) is 1. The number of carbonyl (C=O) groups excluding carboxylic acids is 2. The van der Waals surface area contributed by atoms with Crippen molar-refractivity contribution in [2.75, 3.05) is 6.61 Å². The van der Waals surface area contributed by atoms with Crippen molar-refractivity contribution in [3.63, 3.8) is 0 Å². The van der Waals surface area contributed by atoms with Gasteiger partial charge in [0.1, 0.15) is 17.9 Å². The van der Waals surface area contributed by atoms with Crippen LogP contribution in [-0.2, 0) is 19.1 Å². The molecule has 0 spiro atoms. The van der Waals surface area contributed by atoms with Gasteiger partial charge in [0.05, 0.1) is 11.8 Å². The molecule has 0 bridgehead atoms. The van der Waals surface area contributed by atoms with E-state index in [0.717, 1.165) is 5.56 Å². The number of carbonyl (C=O) groups is 3. The molecule has 1 N–H and O–H groups in total. The zero-order valence-corrected chi connectivity index (χ0v) is 14.1. The first kappa shape index (κ1) is 18.1. The van der Waals surface area contributed by atoms with Crippen molar-refractivity contribution in [2.24, 2.45) is 0 Å². The van der Waals surface area contributed by atoms with Gasteiger partial charge < -0.3 is 14.7 Å². The number of likely N-dealkylation sites (tertiary alicyclic amines) is 1. The number of β-lactam (4-membered cyclic amide) rings is 1. The van der Waals surface area contributed by atoms with Gasteiger partial charge in [-0.05, 0) is 12.5 Å². The quantitative estimate of drug-likeness (QED) is 0.440. The van der Waals surface area contributed by atoms with Crippen LogP contribution < -0.4 is 0 Å². The number of rotatable bonds is 8. The molecule has 1 amide bonds. The molecular formula is C17H19NO5S. The number of carboxylic acid groups (broad SMARTS) is 1. The average molecular weight is 349 g/mol. The number of esters is 1. The predicted molar refractivity (Wildman–Crippen MR) is 90.3 cm³/mol. The van der Waals surface area contributed by atoms with Crippen molar-refractivity contribution in [1.82, 2.24) is 4.90 Å². The van der Waals surface area contributed by atoms with E-state index < -0.39 is 23.2 Å². The molecule has 24 heavy (non-hydrogen) atoms. The third kappa shape index (κ3) is 3.97. The molecule has 1 fully saturated rings. The second-order valence-electron chi connectivity index (χ2n) is 5.32. The molecule has 0 radical (unpaired) electrons. The van der Waals surface area contributed by atoms with Gasteiger partial charge in [0, 0.05) is 0 Å². The minimum absolute atomic E-state index is 0.0988. The van der Waals surface area contributed by atoms with Crippen LogP contribution >= 0.6 is 11.8 Å². The summed E-state index contributed by atoms with van der Waals surface area (Å²) >= 11 is 1.23. The first-order valence-electron chi connectivity index (χ1n) is 7.47. The monoisotopic (exact) mass is 349 g/mol. The van der Waals surface area contributed by atoms with Crippen LogP contribution in [0.2, 0.25) is 0 Å². The number of thioether (sulfide) groups is 1. The number of nitrogens with zero attached hydrogens (tertiary/aromatic N) is 1. The van der Waals surface area contributed by atoms with E-state index in [4.69, 9.17) is 9.84 Å². The Kier molecular flexibility index (Phi) is 6.03. The Bertz CT molecular complexity index is 633. The van der Waals surface area contributed by atoms with E-state index in [2.05, 4.69) is 6.58 Å². The summed E-state index contributed by atoms with van der Waals surface area (Å²) in [6, 6.07) is 8.15. The smallest absolute Gasteiger partial charge is 0.326 e. The second-order valence-corrected chi connectivity index (χ2v) is 6.61. The van der Waals surface area contributed by atoms with E-state index >= 15 is 0 Å². The number of aliphatic carboxylic acids is 1. The van der Waals surface area contributed by atoms with Gasteiger partial charge in [-0.1, -0.05) is 43.0 Å². The highest BCUT2D eigenvalue weighted by Crippen LogP contribution is 2.41. The Labute approximate surface area is 144 Å².